The van der Waals surface area contributed by atoms with Gasteiger partial charge in [-0.2, -0.15) is 0 Å². The van der Waals surface area contributed by atoms with E-state index in [0.29, 0.717) is 12.8 Å². The summed E-state index contributed by atoms with van der Waals surface area (Å²) in [6, 6.07) is 0. The van der Waals surface area contributed by atoms with Gasteiger partial charge in [-0.05, 0) is 32.1 Å². The second-order valence-electron chi connectivity index (χ2n) is 18.0. The first kappa shape index (κ1) is 59.0. The Balaban J connectivity index is 0. The zero-order valence-corrected chi connectivity index (χ0v) is 39.2. The average Bonchev–Trinajstić information content (AvgIpc) is 3.20. The molecule has 0 bridgehead atoms. The van der Waals surface area contributed by atoms with Gasteiger partial charge in [-0.1, -0.05) is 252 Å². The number of hydrogen-bond acceptors (Lipinski definition) is 4. The summed E-state index contributed by atoms with van der Waals surface area (Å²) in [5.41, 5.74) is -1.58. The lowest BCUT2D eigenvalue weighted by Gasteiger charge is -2.25. The molecule has 4 N–H and O–H groups in total. The lowest BCUT2D eigenvalue weighted by Crippen LogP contribution is -2.39. The summed E-state index contributed by atoms with van der Waals surface area (Å²) in [4.78, 5) is 45.6. The van der Waals surface area contributed by atoms with Crippen LogP contribution in [-0.2, 0) is 19.2 Å². The van der Waals surface area contributed by atoms with E-state index in [4.69, 9.17) is 5.11 Å². The lowest BCUT2D eigenvalue weighted by molar-refractivity contribution is -0.166. The summed E-state index contributed by atoms with van der Waals surface area (Å²) in [5.74, 6) is -3.76. The summed E-state index contributed by atoms with van der Waals surface area (Å²) in [6.45, 7) is 6.70. The SMILES string of the molecule is CCCCCCCCCCCC(CCCCCCCCCCC(=O)O)C(=O)O.CCCCCCCCCCCCC(CCCCCCCCCCCC)(C(=O)O)C(=O)O. The van der Waals surface area contributed by atoms with Crippen molar-refractivity contribution in [2.45, 2.75) is 290 Å². The third kappa shape index (κ3) is 39.8. The first-order chi connectivity index (χ1) is 28.6. The van der Waals surface area contributed by atoms with Crippen molar-refractivity contribution in [3.8, 4) is 0 Å². The van der Waals surface area contributed by atoms with Crippen LogP contribution in [0.5, 0.6) is 0 Å². The summed E-state index contributed by atoms with van der Waals surface area (Å²) in [6.07, 6.45) is 45.9. The Labute approximate surface area is 364 Å². The van der Waals surface area contributed by atoms with Crippen molar-refractivity contribution in [1.82, 2.24) is 0 Å². The van der Waals surface area contributed by atoms with Crippen molar-refractivity contribution in [2.24, 2.45) is 11.3 Å². The molecule has 0 heterocycles. The van der Waals surface area contributed by atoms with Gasteiger partial charge in [-0.3, -0.25) is 19.2 Å². The van der Waals surface area contributed by atoms with Gasteiger partial charge in [0.15, 0.2) is 5.41 Å². The highest BCUT2D eigenvalue weighted by Crippen LogP contribution is 2.33. The molecule has 1 atom stereocenters. The van der Waals surface area contributed by atoms with E-state index in [1.165, 1.54) is 161 Å². The predicted octanol–water partition coefficient (Wildman–Crippen LogP) is 16.4. The number of unbranched alkanes of at least 4 members (excludes halogenated alkanes) is 33. The maximum absolute atomic E-state index is 11.9. The second-order valence-corrected chi connectivity index (χ2v) is 18.0. The zero-order valence-electron chi connectivity index (χ0n) is 39.2. The number of carbonyl (C=O) groups is 4. The molecule has 0 aromatic carbocycles. The molecule has 0 saturated heterocycles. The van der Waals surface area contributed by atoms with Gasteiger partial charge in [0, 0.05) is 6.42 Å². The van der Waals surface area contributed by atoms with Crippen LogP contribution in [0.1, 0.15) is 290 Å². The highest BCUT2D eigenvalue weighted by molar-refractivity contribution is 5.98. The Morgan fingerprint density at radius 1 is 0.339 bits per heavy atom. The maximum atomic E-state index is 11.9. The Morgan fingerprint density at radius 2 is 0.576 bits per heavy atom. The van der Waals surface area contributed by atoms with Crippen molar-refractivity contribution in [3.05, 3.63) is 0 Å². The Morgan fingerprint density at radius 3 is 0.814 bits per heavy atom. The quantitative estimate of drug-likeness (QED) is 0.0350. The van der Waals surface area contributed by atoms with Gasteiger partial charge in [0.05, 0.1) is 5.92 Å². The van der Waals surface area contributed by atoms with E-state index >= 15 is 0 Å². The summed E-state index contributed by atoms with van der Waals surface area (Å²) in [7, 11) is 0. The van der Waals surface area contributed by atoms with Gasteiger partial charge in [-0.15, -0.1) is 0 Å². The monoisotopic (exact) mass is 839 g/mol. The fraction of sp³-hybridized carbons (Fsp3) is 0.922. The van der Waals surface area contributed by atoms with Gasteiger partial charge in [0.2, 0.25) is 0 Å². The van der Waals surface area contributed by atoms with Crippen LogP contribution in [0.4, 0.5) is 0 Å². The Hall–Kier alpha value is -2.12. The van der Waals surface area contributed by atoms with Gasteiger partial charge in [0.25, 0.3) is 0 Å². The molecule has 0 fully saturated rings. The molecule has 0 aliphatic rings. The molecule has 0 spiro atoms. The molecule has 0 amide bonds. The summed E-state index contributed by atoms with van der Waals surface area (Å²) in [5, 5.41) is 37.4. The molecule has 0 aliphatic heterocycles. The fourth-order valence-electron chi connectivity index (χ4n) is 8.29. The van der Waals surface area contributed by atoms with Crippen LogP contribution in [0.3, 0.4) is 0 Å². The molecule has 0 saturated carbocycles. The molecule has 8 heteroatoms. The Bertz CT molecular complexity index is 910. The lowest BCUT2D eigenvalue weighted by atomic mass is 9.78. The Kier molecular flexibility index (Phi) is 45.4. The standard InChI is InChI=1S/C27H52O4.C24H46O4/c1-3-5-7-9-11-13-15-17-19-21-23-27(25(28)29,26(30)31)24-22-20-18-16-14-12-10-8-6-4-2;1-2-3-4-5-6-7-10-13-16-19-22(24(27)28)20-17-14-11-8-9-12-15-18-21-23(25)26/h3-24H2,1-2H3,(H,28,29)(H,30,31);22H,2-21H2,1H3,(H,25,26)(H,27,28). The second kappa shape index (κ2) is 45.4. The maximum Gasteiger partial charge on any atom is 0.321 e. The van der Waals surface area contributed by atoms with E-state index in [0.717, 1.165) is 77.0 Å². The predicted molar refractivity (Wildman–Crippen MR) is 247 cm³/mol. The zero-order chi connectivity index (χ0) is 44.1. The van der Waals surface area contributed by atoms with Gasteiger partial charge in [-0.25, -0.2) is 0 Å². The van der Waals surface area contributed by atoms with Crippen molar-refractivity contribution in [3.63, 3.8) is 0 Å². The molecule has 0 rings (SSSR count). The highest BCUT2D eigenvalue weighted by Gasteiger charge is 2.45. The van der Waals surface area contributed by atoms with Crippen LogP contribution in [0.2, 0.25) is 0 Å². The van der Waals surface area contributed by atoms with Crippen LogP contribution in [0.15, 0.2) is 0 Å². The molecule has 0 aliphatic carbocycles. The molecule has 0 radical (unpaired) electrons. The van der Waals surface area contributed by atoms with Crippen molar-refractivity contribution < 1.29 is 39.6 Å². The van der Waals surface area contributed by atoms with E-state index in [2.05, 4.69) is 20.8 Å². The minimum atomic E-state index is -1.58. The highest BCUT2D eigenvalue weighted by atomic mass is 16.4. The minimum absolute atomic E-state index is 0.152. The number of carboxylic acids is 4. The summed E-state index contributed by atoms with van der Waals surface area (Å²) < 4.78 is 0. The number of carboxylic acid groups (broad SMARTS) is 4. The molecule has 350 valence electrons. The third-order valence-electron chi connectivity index (χ3n) is 12.4. The van der Waals surface area contributed by atoms with E-state index < -0.39 is 29.3 Å². The topological polar surface area (TPSA) is 149 Å². The van der Waals surface area contributed by atoms with Gasteiger partial charge >= 0.3 is 23.9 Å². The molecule has 8 nitrogen and oxygen atoms in total. The van der Waals surface area contributed by atoms with Crippen LogP contribution >= 0.6 is 0 Å². The third-order valence-corrected chi connectivity index (χ3v) is 12.4. The van der Waals surface area contributed by atoms with E-state index in [-0.39, 0.29) is 25.2 Å². The largest absolute Gasteiger partial charge is 0.481 e. The molecular weight excluding hydrogens is 741 g/mol. The van der Waals surface area contributed by atoms with Crippen molar-refractivity contribution >= 4 is 23.9 Å². The van der Waals surface area contributed by atoms with E-state index in [1.54, 1.807) is 0 Å². The normalized spacial score (nSPS) is 11.9. The van der Waals surface area contributed by atoms with Crippen LogP contribution in [0, 0.1) is 11.3 Å². The number of aliphatic carboxylic acids is 4. The minimum Gasteiger partial charge on any atom is -0.481 e. The molecule has 1 unspecified atom stereocenters. The smallest absolute Gasteiger partial charge is 0.321 e. The first-order valence-corrected chi connectivity index (χ1v) is 25.5. The summed E-state index contributed by atoms with van der Waals surface area (Å²) >= 11 is 0. The number of hydrogen-bond donors (Lipinski definition) is 4. The van der Waals surface area contributed by atoms with Crippen molar-refractivity contribution in [2.75, 3.05) is 0 Å². The van der Waals surface area contributed by atoms with Crippen LogP contribution in [0.25, 0.3) is 0 Å². The van der Waals surface area contributed by atoms with E-state index in [1.807, 2.05) is 0 Å². The van der Waals surface area contributed by atoms with Crippen molar-refractivity contribution in [1.29, 1.82) is 0 Å². The van der Waals surface area contributed by atoms with E-state index in [9.17, 15) is 34.5 Å². The van der Waals surface area contributed by atoms with Gasteiger partial charge in [0.1, 0.15) is 0 Å². The molecule has 0 aromatic rings. The molecular formula is C51H98O8. The average molecular weight is 839 g/mol. The molecule has 59 heavy (non-hydrogen) atoms. The van der Waals surface area contributed by atoms with Gasteiger partial charge < -0.3 is 20.4 Å². The van der Waals surface area contributed by atoms with Crippen LogP contribution < -0.4 is 0 Å². The first-order valence-electron chi connectivity index (χ1n) is 25.5. The fourth-order valence-corrected chi connectivity index (χ4v) is 8.29. The van der Waals surface area contributed by atoms with Crippen LogP contribution in [-0.4, -0.2) is 44.3 Å². The number of rotatable bonds is 46. The molecule has 0 aromatic heterocycles.